The number of benzene rings is 2. The van der Waals surface area contributed by atoms with E-state index in [0.29, 0.717) is 25.3 Å². The summed E-state index contributed by atoms with van der Waals surface area (Å²) in [5.41, 5.74) is 2.58. The molecule has 0 fully saturated rings. The number of halogens is 1. The Balaban J connectivity index is 1.56. The van der Waals surface area contributed by atoms with Crippen LogP contribution in [-0.2, 0) is 20.8 Å². The third kappa shape index (κ3) is 5.40. The molecule has 3 atom stereocenters. The summed E-state index contributed by atoms with van der Waals surface area (Å²) >= 11 is 0. The first kappa shape index (κ1) is 22.9. The number of nitrogens with zero attached hydrogens (tertiary/aromatic N) is 1. The Kier molecular flexibility index (Phi) is 7.36. The van der Waals surface area contributed by atoms with Crippen molar-refractivity contribution in [2.75, 3.05) is 13.2 Å². The molecule has 0 radical (unpaired) electrons. The topological polar surface area (TPSA) is 96.5 Å². The lowest BCUT2D eigenvalue weighted by atomic mass is 9.80. The zero-order valence-electron chi connectivity index (χ0n) is 18.5. The first-order valence-corrected chi connectivity index (χ1v) is 11.2. The Morgan fingerprint density at radius 1 is 1.24 bits per heavy atom. The Morgan fingerprint density at radius 2 is 2.03 bits per heavy atom. The molecule has 2 aromatic carbocycles. The van der Waals surface area contributed by atoms with Crippen LogP contribution in [0.1, 0.15) is 37.1 Å². The van der Waals surface area contributed by atoms with E-state index in [-0.39, 0.29) is 42.5 Å². The molecule has 0 saturated carbocycles. The maximum Gasteiger partial charge on any atom is 0.286 e. The SMILES string of the molecule is CCO[C@@H]1OC(C(=O)NCc2nc3ccccc3[nH]2)=C[C@H](c2ccc(F)cc2)[C@H]1CCCO. The van der Waals surface area contributed by atoms with Gasteiger partial charge in [-0.15, -0.1) is 0 Å². The van der Waals surface area contributed by atoms with E-state index in [1.165, 1.54) is 12.1 Å². The lowest BCUT2D eigenvalue weighted by Gasteiger charge is -2.37. The molecule has 7 nitrogen and oxygen atoms in total. The van der Waals surface area contributed by atoms with E-state index in [4.69, 9.17) is 9.47 Å². The molecule has 2 heterocycles. The number of rotatable bonds is 9. The summed E-state index contributed by atoms with van der Waals surface area (Å²) in [6.45, 7) is 2.52. The number of imidazole rings is 1. The van der Waals surface area contributed by atoms with Crippen LogP contribution in [-0.4, -0.2) is 40.5 Å². The molecule has 33 heavy (non-hydrogen) atoms. The third-order valence-electron chi connectivity index (χ3n) is 5.74. The van der Waals surface area contributed by atoms with Crippen LogP contribution in [0.25, 0.3) is 11.0 Å². The molecule has 3 aromatic rings. The summed E-state index contributed by atoms with van der Waals surface area (Å²) in [5.74, 6) is -0.277. The van der Waals surface area contributed by atoms with Crippen LogP contribution in [0.15, 0.2) is 60.4 Å². The normalized spacial score (nSPS) is 20.3. The quantitative estimate of drug-likeness (QED) is 0.458. The van der Waals surface area contributed by atoms with Crippen LogP contribution in [0, 0.1) is 11.7 Å². The minimum Gasteiger partial charge on any atom is -0.459 e. The number of aliphatic hydroxyl groups excluding tert-OH is 1. The van der Waals surface area contributed by atoms with Crippen molar-refractivity contribution in [1.82, 2.24) is 15.3 Å². The van der Waals surface area contributed by atoms with Gasteiger partial charge in [-0.2, -0.15) is 0 Å². The van der Waals surface area contributed by atoms with E-state index in [1.807, 2.05) is 31.2 Å². The largest absolute Gasteiger partial charge is 0.459 e. The molecule has 4 rings (SSSR count). The van der Waals surface area contributed by atoms with E-state index in [0.717, 1.165) is 16.6 Å². The number of amides is 1. The molecular weight excluding hydrogens is 425 g/mol. The van der Waals surface area contributed by atoms with Crippen molar-refractivity contribution in [2.45, 2.75) is 38.5 Å². The van der Waals surface area contributed by atoms with Gasteiger partial charge in [0.05, 0.1) is 17.6 Å². The molecule has 1 aromatic heterocycles. The van der Waals surface area contributed by atoms with Crippen molar-refractivity contribution in [2.24, 2.45) is 5.92 Å². The fourth-order valence-electron chi connectivity index (χ4n) is 4.17. The lowest BCUT2D eigenvalue weighted by Crippen LogP contribution is -2.39. The molecule has 0 unspecified atom stereocenters. The van der Waals surface area contributed by atoms with Gasteiger partial charge in [0.1, 0.15) is 11.6 Å². The van der Waals surface area contributed by atoms with E-state index >= 15 is 0 Å². The van der Waals surface area contributed by atoms with Gasteiger partial charge in [-0.25, -0.2) is 9.37 Å². The molecule has 0 bridgehead atoms. The van der Waals surface area contributed by atoms with Crippen LogP contribution in [0.4, 0.5) is 4.39 Å². The molecule has 3 N–H and O–H groups in total. The van der Waals surface area contributed by atoms with Gasteiger partial charge in [-0.1, -0.05) is 24.3 Å². The van der Waals surface area contributed by atoms with Gasteiger partial charge in [0, 0.05) is 25.0 Å². The van der Waals surface area contributed by atoms with Gasteiger partial charge in [0.15, 0.2) is 5.76 Å². The minimum absolute atomic E-state index is 0.0417. The predicted octanol–water partition coefficient (Wildman–Crippen LogP) is 3.77. The molecular formula is C25H28FN3O4. The van der Waals surface area contributed by atoms with Gasteiger partial charge < -0.3 is 24.9 Å². The molecule has 8 heteroatoms. The van der Waals surface area contributed by atoms with Gasteiger partial charge in [0.25, 0.3) is 5.91 Å². The monoisotopic (exact) mass is 453 g/mol. The van der Waals surface area contributed by atoms with Crippen molar-refractivity contribution in [3.8, 4) is 0 Å². The number of aliphatic hydroxyl groups is 1. The summed E-state index contributed by atoms with van der Waals surface area (Å²) in [4.78, 5) is 20.6. The molecule has 1 aliphatic heterocycles. The lowest BCUT2D eigenvalue weighted by molar-refractivity contribution is -0.166. The number of allylic oxidation sites excluding steroid dienone is 1. The Bertz CT molecular complexity index is 1080. The summed E-state index contributed by atoms with van der Waals surface area (Å²) in [5, 5.41) is 12.2. The Morgan fingerprint density at radius 3 is 2.76 bits per heavy atom. The summed E-state index contributed by atoms with van der Waals surface area (Å²) in [7, 11) is 0. The maximum atomic E-state index is 13.5. The summed E-state index contributed by atoms with van der Waals surface area (Å²) in [6.07, 6.45) is 2.30. The average molecular weight is 454 g/mol. The minimum atomic E-state index is -0.659. The van der Waals surface area contributed by atoms with E-state index in [2.05, 4.69) is 15.3 Å². The standard InChI is InChI=1S/C25H28FN3O4/c1-2-32-25-18(6-5-13-30)19(16-9-11-17(26)12-10-16)14-22(33-25)24(31)27-15-23-28-20-7-3-4-8-21(20)29-23/h3-4,7-12,14,18-19,25,30H,2,5-6,13,15H2,1H3,(H,27,31)(H,28,29)/t18-,19-,25-/m1/s1. The Labute approximate surface area is 191 Å². The number of para-hydroxylation sites is 2. The van der Waals surface area contributed by atoms with Crippen molar-refractivity contribution in [3.63, 3.8) is 0 Å². The Hall–Kier alpha value is -3.23. The van der Waals surface area contributed by atoms with Crippen molar-refractivity contribution >= 4 is 16.9 Å². The summed E-state index contributed by atoms with van der Waals surface area (Å²) in [6, 6.07) is 13.9. The second-order valence-corrected chi connectivity index (χ2v) is 7.96. The number of hydrogen-bond acceptors (Lipinski definition) is 5. The molecule has 0 spiro atoms. The van der Waals surface area contributed by atoms with Crippen LogP contribution in [0.3, 0.4) is 0 Å². The van der Waals surface area contributed by atoms with Crippen molar-refractivity contribution < 1.29 is 23.8 Å². The number of aromatic nitrogens is 2. The zero-order chi connectivity index (χ0) is 23.2. The highest BCUT2D eigenvalue weighted by atomic mass is 19.1. The summed E-state index contributed by atoms with van der Waals surface area (Å²) < 4.78 is 25.3. The fraction of sp³-hybridized carbons (Fsp3) is 0.360. The number of fused-ring (bicyclic) bond motifs is 1. The highest BCUT2D eigenvalue weighted by molar-refractivity contribution is 5.91. The van der Waals surface area contributed by atoms with Gasteiger partial charge in [-0.05, 0) is 55.7 Å². The molecule has 1 amide bonds. The molecule has 174 valence electrons. The highest BCUT2D eigenvalue weighted by Crippen LogP contribution is 2.39. The number of nitrogens with one attached hydrogen (secondary N) is 2. The predicted molar refractivity (Wildman–Crippen MR) is 121 cm³/mol. The second kappa shape index (κ2) is 10.6. The number of ether oxygens (including phenoxy) is 2. The van der Waals surface area contributed by atoms with Crippen LogP contribution >= 0.6 is 0 Å². The van der Waals surface area contributed by atoms with Gasteiger partial charge >= 0.3 is 0 Å². The number of H-pyrrole nitrogens is 1. The maximum absolute atomic E-state index is 13.5. The van der Waals surface area contributed by atoms with Crippen molar-refractivity contribution in [1.29, 1.82) is 0 Å². The fourth-order valence-corrected chi connectivity index (χ4v) is 4.17. The first-order valence-electron chi connectivity index (χ1n) is 11.2. The number of aromatic amines is 1. The molecule has 1 aliphatic rings. The van der Waals surface area contributed by atoms with Gasteiger partial charge in [-0.3, -0.25) is 4.79 Å². The van der Waals surface area contributed by atoms with Crippen LogP contribution < -0.4 is 5.32 Å². The first-order chi connectivity index (χ1) is 16.1. The number of hydrogen-bond donors (Lipinski definition) is 3. The highest BCUT2D eigenvalue weighted by Gasteiger charge is 2.37. The average Bonchev–Trinajstić information content (AvgIpc) is 3.25. The number of carbonyl (C=O) groups is 1. The van der Waals surface area contributed by atoms with Crippen LogP contribution in [0.2, 0.25) is 0 Å². The second-order valence-electron chi connectivity index (χ2n) is 7.96. The molecule has 0 saturated heterocycles. The van der Waals surface area contributed by atoms with E-state index in [1.54, 1.807) is 18.2 Å². The van der Waals surface area contributed by atoms with Gasteiger partial charge in [0.2, 0.25) is 6.29 Å². The third-order valence-corrected chi connectivity index (χ3v) is 5.74. The van der Waals surface area contributed by atoms with Crippen molar-refractivity contribution in [3.05, 3.63) is 77.6 Å². The van der Waals surface area contributed by atoms with Crippen LogP contribution in [0.5, 0.6) is 0 Å². The van der Waals surface area contributed by atoms with E-state index in [9.17, 15) is 14.3 Å². The smallest absolute Gasteiger partial charge is 0.286 e. The molecule has 0 aliphatic carbocycles. The zero-order valence-corrected chi connectivity index (χ0v) is 18.5. The number of carbonyl (C=O) groups excluding carboxylic acids is 1. The van der Waals surface area contributed by atoms with E-state index < -0.39 is 6.29 Å².